The lowest BCUT2D eigenvalue weighted by atomic mass is 10.00. The van der Waals surface area contributed by atoms with E-state index in [1.54, 1.807) is 0 Å². The first-order chi connectivity index (χ1) is 13.2. The highest BCUT2D eigenvalue weighted by atomic mass is 32.1. The molecule has 0 radical (unpaired) electrons. The molecule has 3 heterocycles. The number of piperidine rings is 1. The zero-order valence-electron chi connectivity index (χ0n) is 15.4. The standard InChI is InChI=1S/C21H23NO4S/c1-2-15-7-5-6-10-22(15)19(23)13-26-21(24)18-11-14-12-25-17-9-4-3-8-16(17)20(14)27-18/h3-4,8-9,11,15H,2,5-7,10,12-13H2,1H3/t15-/m0/s1. The van der Waals surface area contributed by atoms with E-state index in [2.05, 4.69) is 6.92 Å². The molecule has 0 N–H and O–H groups in total. The summed E-state index contributed by atoms with van der Waals surface area (Å²) in [5, 5.41) is 0. The minimum absolute atomic E-state index is 0.0927. The smallest absolute Gasteiger partial charge is 0.348 e. The van der Waals surface area contributed by atoms with Crippen LogP contribution in [0.4, 0.5) is 0 Å². The van der Waals surface area contributed by atoms with Gasteiger partial charge < -0.3 is 14.4 Å². The molecule has 2 aliphatic rings. The third-order valence-electron chi connectivity index (χ3n) is 5.27. The van der Waals surface area contributed by atoms with Crippen LogP contribution in [0.3, 0.4) is 0 Å². The lowest BCUT2D eigenvalue weighted by molar-refractivity contribution is -0.138. The van der Waals surface area contributed by atoms with Gasteiger partial charge in [-0.3, -0.25) is 4.79 Å². The summed E-state index contributed by atoms with van der Waals surface area (Å²) in [6.45, 7) is 3.11. The third kappa shape index (κ3) is 3.58. The second-order valence-electron chi connectivity index (χ2n) is 6.97. The summed E-state index contributed by atoms with van der Waals surface area (Å²) in [7, 11) is 0. The maximum absolute atomic E-state index is 12.5. The van der Waals surface area contributed by atoms with Gasteiger partial charge in [0, 0.05) is 28.6 Å². The molecule has 0 saturated carbocycles. The van der Waals surface area contributed by atoms with Crippen LogP contribution < -0.4 is 4.74 Å². The zero-order chi connectivity index (χ0) is 18.8. The number of likely N-dealkylation sites (tertiary alicyclic amines) is 1. The molecule has 0 spiro atoms. The van der Waals surface area contributed by atoms with Crippen LogP contribution in [0.2, 0.25) is 0 Å². The molecule has 0 aliphatic carbocycles. The van der Waals surface area contributed by atoms with Crippen molar-refractivity contribution in [2.75, 3.05) is 13.2 Å². The summed E-state index contributed by atoms with van der Waals surface area (Å²) >= 11 is 1.40. The molecule has 4 rings (SSSR count). The van der Waals surface area contributed by atoms with Crippen LogP contribution in [-0.4, -0.2) is 36.0 Å². The molecule has 0 bridgehead atoms. The van der Waals surface area contributed by atoms with Gasteiger partial charge in [-0.2, -0.15) is 0 Å². The molecule has 2 aromatic rings. The van der Waals surface area contributed by atoms with Crippen LogP contribution in [0.5, 0.6) is 5.75 Å². The van der Waals surface area contributed by atoms with Gasteiger partial charge in [0.25, 0.3) is 5.91 Å². The highest BCUT2D eigenvalue weighted by Crippen LogP contribution is 2.42. The fourth-order valence-corrected chi connectivity index (χ4v) is 4.93. The number of hydrogen-bond donors (Lipinski definition) is 0. The van der Waals surface area contributed by atoms with Gasteiger partial charge in [0.1, 0.15) is 17.2 Å². The van der Waals surface area contributed by atoms with Crippen molar-refractivity contribution in [2.45, 2.75) is 45.3 Å². The van der Waals surface area contributed by atoms with E-state index in [-0.39, 0.29) is 18.6 Å². The fourth-order valence-electron chi connectivity index (χ4n) is 3.83. The topological polar surface area (TPSA) is 55.8 Å². The number of amides is 1. The van der Waals surface area contributed by atoms with Gasteiger partial charge in [0.2, 0.25) is 0 Å². The Morgan fingerprint density at radius 2 is 2.15 bits per heavy atom. The van der Waals surface area contributed by atoms with Gasteiger partial charge in [-0.1, -0.05) is 19.1 Å². The van der Waals surface area contributed by atoms with Crippen molar-refractivity contribution in [1.82, 2.24) is 4.90 Å². The summed E-state index contributed by atoms with van der Waals surface area (Å²) in [6, 6.07) is 9.89. The van der Waals surface area contributed by atoms with Crippen molar-refractivity contribution in [3.8, 4) is 16.2 Å². The summed E-state index contributed by atoms with van der Waals surface area (Å²) in [4.78, 5) is 28.4. The quantitative estimate of drug-likeness (QED) is 0.738. The van der Waals surface area contributed by atoms with E-state index >= 15 is 0 Å². The largest absolute Gasteiger partial charge is 0.488 e. The average molecular weight is 385 g/mol. The number of para-hydroxylation sites is 1. The number of fused-ring (bicyclic) bond motifs is 3. The number of esters is 1. The number of carbonyl (C=O) groups excluding carboxylic acids is 2. The molecular formula is C21H23NO4S. The van der Waals surface area contributed by atoms with E-state index in [4.69, 9.17) is 9.47 Å². The normalized spacial score (nSPS) is 18.3. The van der Waals surface area contributed by atoms with Crippen LogP contribution in [0.1, 0.15) is 47.8 Å². The van der Waals surface area contributed by atoms with Crippen LogP contribution in [0.25, 0.3) is 10.4 Å². The lowest BCUT2D eigenvalue weighted by Crippen LogP contribution is -2.45. The van der Waals surface area contributed by atoms with Gasteiger partial charge in [0.05, 0.1) is 0 Å². The summed E-state index contributed by atoms with van der Waals surface area (Å²) < 4.78 is 11.1. The van der Waals surface area contributed by atoms with E-state index in [0.29, 0.717) is 11.5 Å². The second kappa shape index (κ2) is 7.72. The molecule has 1 aromatic carbocycles. The number of ether oxygens (including phenoxy) is 2. The maximum atomic E-state index is 12.5. The van der Waals surface area contributed by atoms with E-state index in [1.807, 2.05) is 35.2 Å². The van der Waals surface area contributed by atoms with E-state index in [1.165, 1.54) is 11.3 Å². The van der Waals surface area contributed by atoms with E-state index in [9.17, 15) is 9.59 Å². The first-order valence-corrected chi connectivity index (χ1v) is 10.3. The molecule has 0 unspecified atom stereocenters. The molecule has 1 saturated heterocycles. The molecule has 5 nitrogen and oxygen atoms in total. The molecule has 1 atom stereocenters. The number of nitrogens with zero attached hydrogens (tertiary/aromatic N) is 1. The Labute approximate surface area is 162 Å². The number of hydrogen-bond acceptors (Lipinski definition) is 5. The van der Waals surface area contributed by atoms with Crippen LogP contribution in [0.15, 0.2) is 30.3 Å². The van der Waals surface area contributed by atoms with Crippen molar-refractivity contribution >= 4 is 23.2 Å². The fraction of sp³-hybridized carbons (Fsp3) is 0.429. The molecule has 1 amide bonds. The van der Waals surface area contributed by atoms with Gasteiger partial charge in [0.15, 0.2) is 6.61 Å². The Balaban J connectivity index is 1.43. The highest BCUT2D eigenvalue weighted by Gasteiger charge is 2.27. The van der Waals surface area contributed by atoms with Crippen molar-refractivity contribution < 1.29 is 19.1 Å². The monoisotopic (exact) mass is 385 g/mol. The predicted molar refractivity (Wildman–Crippen MR) is 104 cm³/mol. The van der Waals surface area contributed by atoms with Crippen molar-refractivity contribution in [3.05, 3.63) is 40.8 Å². The molecule has 1 fully saturated rings. The van der Waals surface area contributed by atoms with Crippen LogP contribution >= 0.6 is 11.3 Å². The second-order valence-corrected chi connectivity index (χ2v) is 8.02. The number of carbonyl (C=O) groups is 2. The van der Waals surface area contributed by atoms with Crippen LogP contribution in [0, 0.1) is 0 Å². The first kappa shape index (κ1) is 18.0. The molecule has 27 heavy (non-hydrogen) atoms. The minimum atomic E-state index is -0.440. The molecular weight excluding hydrogens is 362 g/mol. The van der Waals surface area contributed by atoms with Crippen molar-refractivity contribution in [3.63, 3.8) is 0 Å². The number of thiophene rings is 1. The third-order valence-corrected chi connectivity index (χ3v) is 6.46. The Morgan fingerprint density at radius 1 is 1.30 bits per heavy atom. The minimum Gasteiger partial charge on any atom is -0.488 e. The van der Waals surface area contributed by atoms with Crippen LogP contribution in [-0.2, 0) is 16.1 Å². The number of rotatable bonds is 4. The van der Waals surface area contributed by atoms with E-state index in [0.717, 1.165) is 54.0 Å². The van der Waals surface area contributed by atoms with Crippen molar-refractivity contribution in [2.24, 2.45) is 0 Å². The Kier molecular flexibility index (Phi) is 5.16. The highest BCUT2D eigenvalue weighted by molar-refractivity contribution is 7.17. The zero-order valence-corrected chi connectivity index (χ0v) is 16.2. The average Bonchev–Trinajstić information content (AvgIpc) is 3.16. The SMILES string of the molecule is CC[C@H]1CCCCN1C(=O)COC(=O)c1cc2c(s1)-c1ccccc1OC2. The molecule has 6 heteroatoms. The van der Waals surface area contributed by atoms with Gasteiger partial charge >= 0.3 is 5.97 Å². The van der Waals surface area contributed by atoms with E-state index < -0.39 is 5.97 Å². The van der Waals surface area contributed by atoms with Gasteiger partial charge in [-0.15, -0.1) is 11.3 Å². The summed E-state index contributed by atoms with van der Waals surface area (Å²) in [5.74, 6) is 0.299. The number of benzene rings is 1. The molecule has 142 valence electrons. The summed E-state index contributed by atoms with van der Waals surface area (Å²) in [5.41, 5.74) is 1.98. The molecule has 2 aliphatic heterocycles. The lowest BCUT2D eigenvalue weighted by Gasteiger charge is -2.35. The Morgan fingerprint density at radius 3 is 3.00 bits per heavy atom. The Bertz CT molecular complexity index is 860. The first-order valence-electron chi connectivity index (χ1n) is 9.49. The molecule has 1 aromatic heterocycles. The van der Waals surface area contributed by atoms with Crippen molar-refractivity contribution in [1.29, 1.82) is 0 Å². The predicted octanol–water partition coefficient (Wildman–Crippen LogP) is 4.26. The van der Waals surface area contributed by atoms with Gasteiger partial charge in [-0.05, 0) is 43.9 Å². The summed E-state index contributed by atoms with van der Waals surface area (Å²) in [6.07, 6.45) is 4.16. The van der Waals surface area contributed by atoms with Gasteiger partial charge in [-0.25, -0.2) is 4.79 Å². The maximum Gasteiger partial charge on any atom is 0.348 e. The Hall–Kier alpha value is -2.34.